The van der Waals surface area contributed by atoms with Crippen molar-refractivity contribution in [2.45, 2.75) is 6.54 Å². The van der Waals surface area contributed by atoms with Crippen molar-refractivity contribution in [2.75, 3.05) is 31.6 Å². The van der Waals surface area contributed by atoms with E-state index in [2.05, 4.69) is 32.3 Å². The number of nitrogens with zero attached hydrogens (tertiary/aromatic N) is 3. The van der Waals surface area contributed by atoms with E-state index < -0.39 is 5.82 Å². The molecule has 0 unspecified atom stereocenters. The van der Waals surface area contributed by atoms with Crippen molar-refractivity contribution in [1.82, 2.24) is 14.9 Å². The largest absolute Gasteiger partial charge is 0.379 e. The fourth-order valence-electron chi connectivity index (χ4n) is 3.06. The minimum absolute atomic E-state index is 0.0930. The summed E-state index contributed by atoms with van der Waals surface area (Å²) in [6.45, 7) is 4.33. The number of aromatic nitrogens is 2. The molecule has 4 rings (SSSR count). The minimum Gasteiger partial charge on any atom is -0.379 e. The maximum atomic E-state index is 14.2. The number of para-hydroxylation sites is 1. The highest BCUT2D eigenvalue weighted by atomic mass is 35.5. The van der Waals surface area contributed by atoms with Crippen LogP contribution in [0.4, 0.5) is 15.9 Å². The van der Waals surface area contributed by atoms with Gasteiger partial charge in [0.15, 0.2) is 17.5 Å². The van der Waals surface area contributed by atoms with Gasteiger partial charge >= 0.3 is 0 Å². The number of hydrogen-bond donors (Lipinski definition) is 1. The highest BCUT2D eigenvalue weighted by Crippen LogP contribution is 2.26. The van der Waals surface area contributed by atoms with Gasteiger partial charge in [0, 0.05) is 25.2 Å². The Morgan fingerprint density at radius 1 is 1.07 bits per heavy atom. The van der Waals surface area contributed by atoms with Crippen LogP contribution in [-0.2, 0) is 11.3 Å². The first kappa shape index (κ1) is 18.8. The molecule has 0 saturated carbocycles. The van der Waals surface area contributed by atoms with Gasteiger partial charge < -0.3 is 10.1 Å². The second-order valence-corrected chi connectivity index (χ2v) is 6.99. The van der Waals surface area contributed by atoms with Crippen LogP contribution in [0.1, 0.15) is 5.56 Å². The van der Waals surface area contributed by atoms with Crippen LogP contribution in [0.5, 0.6) is 0 Å². The summed E-state index contributed by atoms with van der Waals surface area (Å²) in [5, 5.41) is 3.43. The molecule has 1 aromatic heterocycles. The van der Waals surface area contributed by atoms with Crippen molar-refractivity contribution >= 4 is 23.1 Å². The number of anilines is 2. The summed E-state index contributed by atoms with van der Waals surface area (Å²) in [4.78, 5) is 10.8. The number of rotatable bonds is 5. The van der Waals surface area contributed by atoms with E-state index in [1.807, 2.05) is 24.3 Å². The van der Waals surface area contributed by atoms with Gasteiger partial charge in [0.05, 0.1) is 30.1 Å². The lowest BCUT2D eigenvalue weighted by molar-refractivity contribution is 0.0342. The second kappa shape index (κ2) is 8.65. The van der Waals surface area contributed by atoms with Gasteiger partial charge in [0.2, 0.25) is 0 Å². The molecule has 1 aliphatic heterocycles. The van der Waals surface area contributed by atoms with Crippen LogP contribution >= 0.6 is 11.6 Å². The van der Waals surface area contributed by atoms with Crippen molar-refractivity contribution < 1.29 is 9.13 Å². The van der Waals surface area contributed by atoms with Crippen LogP contribution in [0.25, 0.3) is 11.4 Å². The summed E-state index contributed by atoms with van der Waals surface area (Å²) in [6, 6.07) is 15.2. The number of morpholine rings is 1. The molecule has 0 aliphatic carbocycles. The molecule has 1 N–H and O–H groups in total. The van der Waals surface area contributed by atoms with E-state index in [1.54, 1.807) is 12.1 Å². The van der Waals surface area contributed by atoms with Crippen LogP contribution in [0.2, 0.25) is 5.02 Å². The van der Waals surface area contributed by atoms with Crippen LogP contribution in [0.15, 0.2) is 54.7 Å². The Kier molecular flexibility index (Phi) is 5.81. The van der Waals surface area contributed by atoms with Gasteiger partial charge in [-0.1, -0.05) is 48.0 Å². The summed E-state index contributed by atoms with van der Waals surface area (Å²) in [5.74, 6) is 0.0111. The van der Waals surface area contributed by atoms with Crippen LogP contribution < -0.4 is 5.32 Å². The van der Waals surface area contributed by atoms with Gasteiger partial charge in [-0.3, -0.25) is 4.90 Å². The lowest BCUT2D eigenvalue weighted by Crippen LogP contribution is -2.35. The zero-order valence-corrected chi connectivity index (χ0v) is 16.0. The summed E-state index contributed by atoms with van der Waals surface area (Å²) >= 11 is 6.14. The molecule has 7 heteroatoms. The summed E-state index contributed by atoms with van der Waals surface area (Å²) in [5.41, 5.74) is 2.63. The number of halogens is 2. The molecular weight excluding hydrogens is 379 g/mol. The Balaban J connectivity index is 1.51. The summed E-state index contributed by atoms with van der Waals surface area (Å²) in [6.07, 6.45) is 1.17. The predicted octanol–water partition coefficient (Wildman–Crippen LogP) is 4.51. The topological polar surface area (TPSA) is 50.3 Å². The van der Waals surface area contributed by atoms with Crippen molar-refractivity contribution in [3.05, 3.63) is 71.1 Å². The van der Waals surface area contributed by atoms with Crippen molar-refractivity contribution in [2.24, 2.45) is 0 Å². The molecule has 144 valence electrons. The Morgan fingerprint density at radius 2 is 1.82 bits per heavy atom. The molecule has 0 bridgehead atoms. The van der Waals surface area contributed by atoms with Gasteiger partial charge in [0.25, 0.3) is 0 Å². The summed E-state index contributed by atoms with van der Waals surface area (Å²) < 4.78 is 19.6. The van der Waals surface area contributed by atoms with E-state index in [1.165, 1.54) is 11.8 Å². The molecule has 5 nitrogen and oxygen atoms in total. The third kappa shape index (κ3) is 4.47. The molecule has 0 radical (unpaired) electrons. The minimum atomic E-state index is -0.535. The van der Waals surface area contributed by atoms with Crippen LogP contribution in [0.3, 0.4) is 0 Å². The van der Waals surface area contributed by atoms with Crippen molar-refractivity contribution in [1.29, 1.82) is 0 Å². The van der Waals surface area contributed by atoms with Gasteiger partial charge in [-0.2, -0.15) is 0 Å². The van der Waals surface area contributed by atoms with Crippen LogP contribution in [0, 0.1) is 5.82 Å². The molecule has 2 heterocycles. The fourth-order valence-corrected chi connectivity index (χ4v) is 3.24. The maximum Gasteiger partial charge on any atom is 0.184 e. The zero-order chi connectivity index (χ0) is 19.3. The molecule has 28 heavy (non-hydrogen) atoms. The quantitative estimate of drug-likeness (QED) is 0.685. The number of benzene rings is 2. The van der Waals surface area contributed by atoms with E-state index in [-0.39, 0.29) is 5.82 Å². The number of ether oxygens (including phenoxy) is 1. The summed E-state index contributed by atoms with van der Waals surface area (Å²) in [7, 11) is 0. The third-order valence-electron chi connectivity index (χ3n) is 4.59. The molecule has 3 aromatic rings. The predicted molar refractivity (Wildman–Crippen MR) is 108 cm³/mol. The van der Waals surface area contributed by atoms with Gasteiger partial charge in [-0.25, -0.2) is 14.4 Å². The first-order chi connectivity index (χ1) is 13.7. The molecule has 0 amide bonds. The SMILES string of the molecule is Fc1cnc(-c2ccc(CN3CCOCC3)cc2)nc1Nc1ccccc1Cl. The Morgan fingerprint density at radius 3 is 2.57 bits per heavy atom. The molecule has 0 spiro atoms. The number of hydrogen-bond acceptors (Lipinski definition) is 5. The van der Waals surface area contributed by atoms with Gasteiger partial charge in [-0.15, -0.1) is 0 Å². The second-order valence-electron chi connectivity index (χ2n) is 6.58. The van der Waals surface area contributed by atoms with E-state index in [0.29, 0.717) is 16.5 Å². The highest BCUT2D eigenvalue weighted by molar-refractivity contribution is 6.33. The molecular formula is C21H20ClFN4O. The lowest BCUT2D eigenvalue weighted by Gasteiger charge is -2.26. The van der Waals surface area contributed by atoms with E-state index >= 15 is 0 Å². The van der Waals surface area contributed by atoms with E-state index in [9.17, 15) is 4.39 Å². The Labute approximate surface area is 168 Å². The van der Waals surface area contributed by atoms with E-state index in [0.717, 1.165) is 38.4 Å². The molecule has 1 aliphatic rings. The Hall–Kier alpha value is -2.54. The van der Waals surface area contributed by atoms with Crippen LogP contribution in [-0.4, -0.2) is 41.2 Å². The molecule has 2 aromatic carbocycles. The number of nitrogens with one attached hydrogen (secondary N) is 1. The zero-order valence-electron chi connectivity index (χ0n) is 15.2. The molecule has 1 saturated heterocycles. The standard InChI is InChI=1S/C21H20ClFN4O/c22-17-3-1-2-4-19(17)25-21-18(23)13-24-20(26-21)16-7-5-15(6-8-16)14-27-9-11-28-12-10-27/h1-8,13H,9-12,14H2,(H,24,25,26). The smallest absolute Gasteiger partial charge is 0.184 e. The first-order valence-corrected chi connectivity index (χ1v) is 9.50. The Bertz CT molecular complexity index is 945. The average molecular weight is 399 g/mol. The van der Waals surface area contributed by atoms with Gasteiger partial charge in [-0.05, 0) is 17.7 Å². The monoisotopic (exact) mass is 398 g/mol. The van der Waals surface area contributed by atoms with E-state index in [4.69, 9.17) is 16.3 Å². The van der Waals surface area contributed by atoms with Crippen molar-refractivity contribution in [3.8, 4) is 11.4 Å². The average Bonchev–Trinajstić information content (AvgIpc) is 2.73. The third-order valence-corrected chi connectivity index (χ3v) is 4.92. The fraction of sp³-hybridized carbons (Fsp3) is 0.238. The first-order valence-electron chi connectivity index (χ1n) is 9.12. The maximum absolute atomic E-state index is 14.2. The normalized spacial score (nSPS) is 14.8. The molecule has 1 fully saturated rings. The van der Waals surface area contributed by atoms with Crippen molar-refractivity contribution in [3.63, 3.8) is 0 Å². The highest BCUT2D eigenvalue weighted by Gasteiger charge is 2.12. The van der Waals surface area contributed by atoms with Gasteiger partial charge in [0.1, 0.15) is 0 Å². The molecule has 0 atom stereocenters. The lowest BCUT2D eigenvalue weighted by atomic mass is 10.1.